The van der Waals surface area contributed by atoms with Gasteiger partial charge in [-0.2, -0.15) is 0 Å². The maximum Gasteiger partial charge on any atom is 0.252 e. The SMILES string of the molecule is O=C(COCc1ccccc1)Nc1ncc(Cc2ccc(F)cc2F)s1. The number of rotatable bonds is 7. The highest BCUT2D eigenvalue weighted by atomic mass is 32.1. The zero-order valence-corrected chi connectivity index (χ0v) is 14.6. The van der Waals surface area contributed by atoms with Gasteiger partial charge in [-0.15, -0.1) is 11.3 Å². The largest absolute Gasteiger partial charge is 0.367 e. The fourth-order valence-corrected chi connectivity index (χ4v) is 3.14. The van der Waals surface area contributed by atoms with Gasteiger partial charge in [-0.25, -0.2) is 13.8 Å². The average Bonchev–Trinajstić information content (AvgIpc) is 3.05. The van der Waals surface area contributed by atoms with E-state index in [4.69, 9.17) is 4.74 Å². The first-order valence-electron chi connectivity index (χ1n) is 7.90. The van der Waals surface area contributed by atoms with Crippen LogP contribution in [0.15, 0.2) is 54.7 Å². The standard InChI is InChI=1S/C19H16F2N2O2S/c20-15-7-6-14(17(21)9-15)8-16-10-22-19(26-16)23-18(24)12-25-11-13-4-2-1-3-5-13/h1-7,9-10H,8,11-12H2,(H,22,23,24). The number of nitrogens with zero attached hydrogens (tertiary/aromatic N) is 1. The molecule has 0 radical (unpaired) electrons. The quantitative estimate of drug-likeness (QED) is 0.675. The molecular formula is C19H16F2N2O2S. The van der Waals surface area contributed by atoms with Crippen LogP contribution in [0.5, 0.6) is 0 Å². The number of hydrogen-bond donors (Lipinski definition) is 1. The van der Waals surface area contributed by atoms with Gasteiger partial charge in [-0.1, -0.05) is 36.4 Å². The Bertz CT molecular complexity index is 884. The monoisotopic (exact) mass is 374 g/mol. The molecule has 7 heteroatoms. The van der Waals surface area contributed by atoms with Crippen LogP contribution >= 0.6 is 11.3 Å². The Labute approximate surface area is 153 Å². The molecule has 1 heterocycles. The second-order valence-corrected chi connectivity index (χ2v) is 6.69. The summed E-state index contributed by atoms with van der Waals surface area (Å²) in [5.74, 6) is -1.52. The summed E-state index contributed by atoms with van der Waals surface area (Å²) in [6, 6.07) is 13.0. The van der Waals surface area contributed by atoms with Gasteiger partial charge in [0.15, 0.2) is 5.13 Å². The number of aromatic nitrogens is 1. The Morgan fingerprint density at radius 3 is 2.73 bits per heavy atom. The normalized spacial score (nSPS) is 10.7. The summed E-state index contributed by atoms with van der Waals surface area (Å²) in [4.78, 5) is 16.8. The zero-order valence-electron chi connectivity index (χ0n) is 13.7. The van der Waals surface area contributed by atoms with Crippen molar-refractivity contribution in [3.8, 4) is 0 Å². The van der Waals surface area contributed by atoms with Gasteiger partial charge in [0.2, 0.25) is 0 Å². The lowest BCUT2D eigenvalue weighted by Crippen LogP contribution is -2.18. The number of carbonyl (C=O) groups is 1. The molecule has 0 aliphatic carbocycles. The highest BCUT2D eigenvalue weighted by Gasteiger charge is 2.10. The van der Waals surface area contributed by atoms with Crippen LogP contribution < -0.4 is 5.32 Å². The molecule has 134 valence electrons. The van der Waals surface area contributed by atoms with Crippen LogP contribution in [0.3, 0.4) is 0 Å². The molecule has 2 aromatic carbocycles. The molecule has 1 aromatic heterocycles. The smallest absolute Gasteiger partial charge is 0.252 e. The molecule has 0 unspecified atom stereocenters. The number of ether oxygens (including phenoxy) is 1. The van der Waals surface area contributed by atoms with E-state index in [0.29, 0.717) is 17.3 Å². The topological polar surface area (TPSA) is 51.2 Å². The Balaban J connectivity index is 1.49. The zero-order chi connectivity index (χ0) is 18.4. The third-order valence-electron chi connectivity index (χ3n) is 3.52. The Hall–Kier alpha value is -2.64. The molecule has 0 fully saturated rings. The van der Waals surface area contributed by atoms with E-state index in [2.05, 4.69) is 10.3 Å². The second kappa shape index (κ2) is 8.64. The molecule has 0 aliphatic rings. The van der Waals surface area contributed by atoms with E-state index >= 15 is 0 Å². The molecule has 4 nitrogen and oxygen atoms in total. The first-order valence-corrected chi connectivity index (χ1v) is 8.72. The highest BCUT2D eigenvalue weighted by molar-refractivity contribution is 7.15. The molecule has 3 rings (SSSR count). The van der Waals surface area contributed by atoms with Crippen LogP contribution in [-0.2, 0) is 22.6 Å². The van der Waals surface area contributed by atoms with Crippen molar-refractivity contribution in [2.45, 2.75) is 13.0 Å². The molecule has 0 aliphatic heterocycles. The summed E-state index contributed by atoms with van der Waals surface area (Å²) in [6.45, 7) is 0.262. The third kappa shape index (κ3) is 5.18. The number of nitrogens with one attached hydrogen (secondary N) is 1. The van der Waals surface area contributed by atoms with Gasteiger partial charge in [0.05, 0.1) is 6.61 Å². The first kappa shape index (κ1) is 18.2. The van der Waals surface area contributed by atoms with Crippen molar-refractivity contribution >= 4 is 22.4 Å². The molecule has 0 saturated heterocycles. The van der Waals surface area contributed by atoms with Crippen LogP contribution in [0.1, 0.15) is 16.0 Å². The third-order valence-corrected chi connectivity index (χ3v) is 4.44. The van der Waals surface area contributed by atoms with E-state index in [9.17, 15) is 13.6 Å². The van der Waals surface area contributed by atoms with Gasteiger partial charge in [-0.05, 0) is 17.2 Å². The minimum absolute atomic E-state index is 0.0869. The predicted octanol–water partition coefficient (Wildman–Crippen LogP) is 4.17. The van der Waals surface area contributed by atoms with Crippen molar-refractivity contribution in [2.75, 3.05) is 11.9 Å². The van der Waals surface area contributed by atoms with Gasteiger partial charge in [0.1, 0.15) is 18.2 Å². The van der Waals surface area contributed by atoms with E-state index in [-0.39, 0.29) is 18.9 Å². The van der Waals surface area contributed by atoms with Crippen LogP contribution in [0, 0.1) is 11.6 Å². The molecule has 1 amide bonds. The van der Waals surface area contributed by atoms with Gasteiger partial charge < -0.3 is 4.74 Å². The van der Waals surface area contributed by atoms with Gasteiger partial charge in [0, 0.05) is 23.6 Å². The second-order valence-electron chi connectivity index (χ2n) is 5.57. The van der Waals surface area contributed by atoms with Gasteiger partial charge >= 0.3 is 0 Å². The lowest BCUT2D eigenvalue weighted by Gasteiger charge is -2.04. The van der Waals surface area contributed by atoms with Crippen LogP contribution in [0.2, 0.25) is 0 Å². The summed E-state index contributed by atoms with van der Waals surface area (Å²) in [7, 11) is 0. The van der Waals surface area contributed by atoms with Crippen molar-refractivity contribution in [1.82, 2.24) is 4.98 Å². The number of anilines is 1. The number of benzene rings is 2. The molecule has 3 aromatic rings. The van der Waals surface area contributed by atoms with Crippen molar-refractivity contribution < 1.29 is 18.3 Å². The fraction of sp³-hybridized carbons (Fsp3) is 0.158. The highest BCUT2D eigenvalue weighted by Crippen LogP contribution is 2.22. The van der Waals surface area contributed by atoms with Gasteiger partial charge in [-0.3, -0.25) is 10.1 Å². The fourth-order valence-electron chi connectivity index (χ4n) is 2.29. The van der Waals surface area contributed by atoms with E-state index in [1.165, 1.54) is 23.5 Å². The van der Waals surface area contributed by atoms with E-state index in [1.54, 1.807) is 6.20 Å². The average molecular weight is 374 g/mol. The molecular weight excluding hydrogens is 358 g/mol. The molecule has 0 spiro atoms. The molecule has 0 atom stereocenters. The number of halogens is 2. The van der Waals surface area contributed by atoms with Crippen molar-refractivity contribution in [1.29, 1.82) is 0 Å². The lowest BCUT2D eigenvalue weighted by molar-refractivity contribution is -0.121. The molecule has 0 bridgehead atoms. The van der Waals surface area contributed by atoms with Crippen LogP contribution in [0.4, 0.5) is 13.9 Å². The van der Waals surface area contributed by atoms with Gasteiger partial charge in [0.25, 0.3) is 5.91 Å². The van der Waals surface area contributed by atoms with Crippen molar-refractivity contribution in [3.63, 3.8) is 0 Å². The van der Waals surface area contributed by atoms with Crippen molar-refractivity contribution in [2.24, 2.45) is 0 Å². The van der Waals surface area contributed by atoms with Crippen LogP contribution in [-0.4, -0.2) is 17.5 Å². The predicted molar refractivity (Wildman–Crippen MR) is 96.0 cm³/mol. The number of hydrogen-bond acceptors (Lipinski definition) is 4. The van der Waals surface area contributed by atoms with E-state index < -0.39 is 11.6 Å². The summed E-state index contributed by atoms with van der Waals surface area (Å²) >= 11 is 1.24. The maximum absolute atomic E-state index is 13.7. The molecule has 0 saturated carbocycles. The Morgan fingerprint density at radius 1 is 1.15 bits per heavy atom. The minimum atomic E-state index is -0.612. The van der Waals surface area contributed by atoms with E-state index in [0.717, 1.165) is 16.5 Å². The van der Waals surface area contributed by atoms with Crippen LogP contribution in [0.25, 0.3) is 0 Å². The number of amides is 1. The minimum Gasteiger partial charge on any atom is -0.367 e. The molecule has 26 heavy (non-hydrogen) atoms. The lowest BCUT2D eigenvalue weighted by atomic mass is 10.1. The number of thiazole rings is 1. The summed E-state index contributed by atoms with van der Waals surface area (Å²) < 4.78 is 32.0. The number of carbonyl (C=O) groups excluding carboxylic acids is 1. The Kier molecular flexibility index (Phi) is 6.04. The summed E-state index contributed by atoms with van der Waals surface area (Å²) in [5.41, 5.74) is 1.36. The maximum atomic E-state index is 13.7. The van der Waals surface area contributed by atoms with Crippen molar-refractivity contribution in [3.05, 3.63) is 82.4 Å². The summed E-state index contributed by atoms with van der Waals surface area (Å²) in [5, 5.41) is 3.06. The van der Waals surface area contributed by atoms with E-state index in [1.807, 2.05) is 30.3 Å². The summed E-state index contributed by atoms with van der Waals surface area (Å²) in [6.07, 6.45) is 1.85. The Morgan fingerprint density at radius 2 is 1.96 bits per heavy atom. The first-order chi connectivity index (χ1) is 12.6. The molecule has 1 N–H and O–H groups in total.